The summed E-state index contributed by atoms with van der Waals surface area (Å²) in [6, 6.07) is 4.39. The zero-order chi connectivity index (χ0) is 12.8. The molecule has 1 atom stereocenters. The Balaban J connectivity index is 2.60. The summed E-state index contributed by atoms with van der Waals surface area (Å²) in [6.45, 7) is 2.50. The number of hydrogen-bond acceptors (Lipinski definition) is 3. The third-order valence-electron chi connectivity index (χ3n) is 2.34. The van der Waals surface area contributed by atoms with Crippen LogP contribution in [0, 0.1) is 0 Å². The largest absolute Gasteiger partial charge is 0.506 e. The van der Waals surface area contributed by atoms with Crippen LogP contribution in [0.1, 0.15) is 23.7 Å². The van der Waals surface area contributed by atoms with Crippen molar-refractivity contribution in [2.75, 3.05) is 13.7 Å². The Hall–Kier alpha value is -1.26. The smallest absolute Gasteiger partial charge is 0.251 e. The van der Waals surface area contributed by atoms with E-state index in [1.165, 1.54) is 18.2 Å². The summed E-state index contributed by atoms with van der Waals surface area (Å²) in [5, 5.41) is 12.2. The quantitative estimate of drug-likeness (QED) is 0.850. The summed E-state index contributed by atoms with van der Waals surface area (Å²) in [5.41, 5.74) is 0.428. The lowest BCUT2D eigenvalue weighted by Crippen LogP contribution is -2.33. The number of hydrogen-bond donors (Lipinski definition) is 2. The molecular weight excluding hydrogens is 242 g/mol. The lowest BCUT2D eigenvalue weighted by Gasteiger charge is -2.13. The van der Waals surface area contributed by atoms with E-state index in [4.69, 9.17) is 16.3 Å². The van der Waals surface area contributed by atoms with Crippen LogP contribution in [-0.2, 0) is 4.74 Å². The predicted octanol–water partition coefficient (Wildman–Crippen LogP) is 2.20. The highest BCUT2D eigenvalue weighted by Gasteiger charge is 2.11. The molecule has 1 unspecified atom stereocenters. The van der Waals surface area contributed by atoms with Crippen molar-refractivity contribution in [1.82, 2.24) is 5.32 Å². The van der Waals surface area contributed by atoms with Crippen LogP contribution >= 0.6 is 11.6 Å². The minimum atomic E-state index is -0.212. The van der Waals surface area contributed by atoms with Gasteiger partial charge in [-0.15, -0.1) is 0 Å². The molecule has 94 valence electrons. The lowest BCUT2D eigenvalue weighted by atomic mass is 10.1. The number of carbonyl (C=O) groups is 1. The Labute approximate surface area is 106 Å². The molecule has 0 bridgehead atoms. The Morgan fingerprint density at radius 2 is 2.29 bits per heavy atom. The fourth-order valence-electron chi connectivity index (χ4n) is 1.32. The van der Waals surface area contributed by atoms with E-state index in [1.54, 1.807) is 7.11 Å². The van der Waals surface area contributed by atoms with Crippen molar-refractivity contribution in [3.63, 3.8) is 0 Å². The topological polar surface area (TPSA) is 58.6 Å². The highest BCUT2D eigenvalue weighted by atomic mass is 35.5. The summed E-state index contributed by atoms with van der Waals surface area (Å²) in [6.07, 6.45) is 0.744. The van der Waals surface area contributed by atoms with Crippen LogP contribution in [0.2, 0.25) is 5.02 Å². The SMILES string of the molecule is COCCC(C)NC(=O)c1ccc(O)c(Cl)c1. The Bertz CT molecular complexity index is 395. The van der Waals surface area contributed by atoms with Crippen LogP contribution in [0.5, 0.6) is 5.75 Å². The van der Waals surface area contributed by atoms with Crippen molar-refractivity contribution in [3.8, 4) is 5.75 Å². The molecule has 0 fully saturated rings. The van der Waals surface area contributed by atoms with Gasteiger partial charge in [0.15, 0.2) is 0 Å². The zero-order valence-corrected chi connectivity index (χ0v) is 10.6. The van der Waals surface area contributed by atoms with Gasteiger partial charge in [0.2, 0.25) is 0 Å². The number of methoxy groups -OCH3 is 1. The van der Waals surface area contributed by atoms with Gasteiger partial charge < -0.3 is 15.2 Å². The molecule has 0 aliphatic heterocycles. The Kier molecular flexibility index (Phi) is 5.25. The van der Waals surface area contributed by atoms with Crippen molar-refractivity contribution >= 4 is 17.5 Å². The van der Waals surface area contributed by atoms with Gasteiger partial charge in [0.05, 0.1) is 5.02 Å². The van der Waals surface area contributed by atoms with E-state index in [0.29, 0.717) is 12.2 Å². The number of nitrogens with one attached hydrogen (secondary N) is 1. The second kappa shape index (κ2) is 6.47. The van der Waals surface area contributed by atoms with Crippen molar-refractivity contribution in [2.24, 2.45) is 0 Å². The van der Waals surface area contributed by atoms with E-state index in [9.17, 15) is 9.90 Å². The van der Waals surface area contributed by atoms with Crippen molar-refractivity contribution in [3.05, 3.63) is 28.8 Å². The Morgan fingerprint density at radius 3 is 2.88 bits per heavy atom. The molecule has 5 heteroatoms. The molecule has 0 heterocycles. The summed E-state index contributed by atoms with van der Waals surface area (Å²) >= 11 is 5.73. The predicted molar refractivity (Wildman–Crippen MR) is 66.5 cm³/mol. The molecule has 0 aromatic heterocycles. The van der Waals surface area contributed by atoms with Crippen LogP contribution in [-0.4, -0.2) is 30.8 Å². The zero-order valence-electron chi connectivity index (χ0n) is 9.87. The number of amides is 1. The van der Waals surface area contributed by atoms with E-state index in [1.807, 2.05) is 6.92 Å². The summed E-state index contributed by atoms with van der Waals surface area (Å²) < 4.78 is 4.93. The molecular formula is C12H16ClNO3. The first-order chi connectivity index (χ1) is 8.04. The fourth-order valence-corrected chi connectivity index (χ4v) is 1.50. The molecule has 4 nitrogen and oxygen atoms in total. The van der Waals surface area contributed by atoms with Crippen molar-refractivity contribution < 1.29 is 14.6 Å². The van der Waals surface area contributed by atoms with E-state index in [0.717, 1.165) is 6.42 Å². The van der Waals surface area contributed by atoms with Crippen molar-refractivity contribution in [2.45, 2.75) is 19.4 Å². The number of carbonyl (C=O) groups excluding carboxylic acids is 1. The average Bonchev–Trinajstić information content (AvgIpc) is 2.30. The number of aromatic hydroxyl groups is 1. The molecule has 0 saturated carbocycles. The molecule has 2 N–H and O–H groups in total. The van der Waals surface area contributed by atoms with Gasteiger partial charge in [-0.3, -0.25) is 4.79 Å². The first-order valence-electron chi connectivity index (χ1n) is 5.33. The highest BCUT2D eigenvalue weighted by Crippen LogP contribution is 2.23. The molecule has 0 spiro atoms. The third-order valence-corrected chi connectivity index (χ3v) is 2.65. The van der Waals surface area contributed by atoms with Crippen LogP contribution < -0.4 is 5.32 Å². The molecule has 0 aliphatic rings. The molecule has 1 rings (SSSR count). The van der Waals surface area contributed by atoms with E-state index in [-0.39, 0.29) is 22.7 Å². The van der Waals surface area contributed by atoms with Gasteiger partial charge in [0.1, 0.15) is 5.75 Å². The molecule has 17 heavy (non-hydrogen) atoms. The van der Waals surface area contributed by atoms with E-state index >= 15 is 0 Å². The van der Waals surface area contributed by atoms with Crippen molar-refractivity contribution in [1.29, 1.82) is 0 Å². The van der Waals surface area contributed by atoms with Gasteiger partial charge in [-0.2, -0.15) is 0 Å². The molecule has 1 aromatic rings. The molecule has 1 aromatic carbocycles. The number of benzene rings is 1. The lowest BCUT2D eigenvalue weighted by molar-refractivity contribution is 0.0929. The summed E-state index contributed by atoms with van der Waals surface area (Å²) in [7, 11) is 1.62. The van der Waals surface area contributed by atoms with E-state index < -0.39 is 0 Å². The molecule has 1 amide bonds. The third kappa shape index (κ3) is 4.24. The summed E-state index contributed by atoms with van der Waals surface area (Å²) in [5.74, 6) is -0.244. The van der Waals surface area contributed by atoms with Gasteiger partial charge in [-0.05, 0) is 31.5 Å². The second-order valence-corrected chi connectivity index (χ2v) is 4.23. The van der Waals surface area contributed by atoms with Gasteiger partial charge in [-0.25, -0.2) is 0 Å². The highest BCUT2D eigenvalue weighted by molar-refractivity contribution is 6.32. The number of rotatable bonds is 5. The molecule has 0 saturated heterocycles. The average molecular weight is 258 g/mol. The van der Waals surface area contributed by atoms with Crippen LogP contribution in [0.15, 0.2) is 18.2 Å². The van der Waals surface area contributed by atoms with Gasteiger partial charge in [0.25, 0.3) is 5.91 Å². The Morgan fingerprint density at radius 1 is 1.59 bits per heavy atom. The van der Waals surface area contributed by atoms with Crippen LogP contribution in [0.4, 0.5) is 0 Å². The maximum absolute atomic E-state index is 11.8. The summed E-state index contributed by atoms with van der Waals surface area (Å²) in [4.78, 5) is 11.8. The number of phenols is 1. The minimum Gasteiger partial charge on any atom is -0.506 e. The monoisotopic (exact) mass is 257 g/mol. The van der Waals surface area contributed by atoms with Crippen LogP contribution in [0.3, 0.4) is 0 Å². The first kappa shape index (κ1) is 13.8. The minimum absolute atomic E-state index is 0.0232. The second-order valence-electron chi connectivity index (χ2n) is 3.82. The van der Waals surface area contributed by atoms with Gasteiger partial charge in [0, 0.05) is 25.3 Å². The molecule has 0 radical (unpaired) electrons. The molecule has 0 aliphatic carbocycles. The maximum atomic E-state index is 11.8. The number of phenolic OH excluding ortho intramolecular Hbond substituents is 1. The standard InChI is InChI=1S/C12H16ClNO3/c1-8(5-6-17-2)14-12(16)9-3-4-11(15)10(13)7-9/h3-4,7-8,15H,5-6H2,1-2H3,(H,14,16). The van der Waals surface area contributed by atoms with Crippen LogP contribution in [0.25, 0.3) is 0 Å². The number of ether oxygens (including phenoxy) is 1. The van der Waals surface area contributed by atoms with Gasteiger partial charge >= 0.3 is 0 Å². The fraction of sp³-hybridized carbons (Fsp3) is 0.417. The first-order valence-corrected chi connectivity index (χ1v) is 5.70. The normalized spacial score (nSPS) is 12.2. The number of halogens is 1. The van der Waals surface area contributed by atoms with E-state index in [2.05, 4.69) is 5.32 Å². The maximum Gasteiger partial charge on any atom is 0.251 e. The van der Waals surface area contributed by atoms with Gasteiger partial charge in [-0.1, -0.05) is 11.6 Å².